The van der Waals surface area contributed by atoms with E-state index in [9.17, 15) is 4.79 Å². The average Bonchev–Trinajstić information content (AvgIpc) is 2.32. The van der Waals surface area contributed by atoms with Crippen molar-refractivity contribution < 1.29 is 4.79 Å². The number of thiocarbonyl (C=S) groups is 1. The Kier molecular flexibility index (Phi) is 4.04. The lowest BCUT2D eigenvalue weighted by atomic mass is 10.1. The van der Waals surface area contributed by atoms with Crippen LogP contribution in [0.5, 0.6) is 0 Å². The molecule has 1 saturated heterocycles. The largest absolute Gasteiger partial charge is 0.389 e. The van der Waals surface area contributed by atoms with Crippen LogP contribution < -0.4 is 16.4 Å². The Morgan fingerprint density at radius 1 is 1.56 bits per heavy atom. The van der Waals surface area contributed by atoms with Gasteiger partial charge < -0.3 is 16.4 Å². The predicted octanol–water partition coefficient (Wildman–Crippen LogP) is 1.66. The average molecular weight is 284 g/mol. The zero-order valence-electron chi connectivity index (χ0n) is 9.70. The fourth-order valence-corrected chi connectivity index (χ4v) is 2.30. The van der Waals surface area contributed by atoms with Crippen LogP contribution in [-0.4, -0.2) is 23.5 Å². The molecule has 2 rings (SSSR count). The maximum Gasteiger partial charge on any atom is 0.242 e. The molecule has 1 unspecified atom stereocenters. The normalized spacial score (nSPS) is 19.2. The molecule has 0 aliphatic carbocycles. The van der Waals surface area contributed by atoms with E-state index in [0.717, 1.165) is 19.4 Å². The fourth-order valence-electron chi connectivity index (χ4n) is 1.95. The van der Waals surface area contributed by atoms with Gasteiger partial charge in [-0.15, -0.1) is 0 Å². The van der Waals surface area contributed by atoms with Gasteiger partial charge in [0.25, 0.3) is 0 Å². The molecule has 4 N–H and O–H groups in total. The first-order valence-electron chi connectivity index (χ1n) is 5.71. The summed E-state index contributed by atoms with van der Waals surface area (Å²) in [5, 5.41) is 6.55. The molecule has 1 aromatic rings. The van der Waals surface area contributed by atoms with E-state index in [1.165, 1.54) is 0 Å². The number of nitrogens with two attached hydrogens (primary N) is 1. The number of halogens is 1. The van der Waals surface area contributed by atoms with Crippen molar-refractivity contribution in [2.75, 3.05) is 11.9 Å². The number of benzene rings is 1. The van der Waals surface area contributed by atoms with E-state index in [2.05, 4.69) is 10.6 Å². The highest BCUT2D eigenvalue weighted by Crippen LogP contribution is 2.23. The number of piperidine rings is 1. The third kappa shape index (κ3) is 2.91. The van der Waals surface area contributed by atoms with E-state index in [0.29, 0.717) is 16.3 Å². The van der Waals surface area contributed by atoms with Crippen molar-refractivity contribution in [2.24, 2.45) is 5.73 Å². The number of carbonyl (C=O) groups excluding carboxylic acids is 1. The molecule has 1 amide bonds. The monoisotopic (exact) mass is 283 g/mol. The Hall–Kier alpha value is -1.33. The van der Waals surface area contributed by atoms with Gasteiger partial charge in [-0.3, -0.25) is 4.79 Å². The van der Waals surface area contributed by atoms with Gasteiger partial charge in [0.1, 0.15) is 11.0 Å². The number of anilines is 1. The topological polar surface area (TPSA) is 67.2 Å². The second-order valence-electron chi connectivity index (χ2n) is 4.18. The summed E-state index contributed by atoms with van der Waals surface area (Å²) in [6.07, 6.45) is 1.74. The highest BCUT2D eigenvalue weighted by Gasteiger charge is 2.22. The molecule has 0 spiro atoms. The third-order valence-electron chi connectivity index (χ3n) is 2.86. The lowest BCUT2D eigenvalue weighted by molar-refractivity contribution is -0.123. The van der Waals surface area contributed by atoms with Gasteiger partial charge in [0.15, 0.2) is 0 Å². The first-order chi connectivity index (χ1) is 8.58. The molecule has 96 valence electrons. The molecule has 1 aliphatic heterocycles. The van der Waals surface area contributed by atoms with E-state index in [-0.39, 0.29) is 16.9 Å². The van der Waals surface area contributed by atoms with Crippen LogP contribution in [0.15, 0.2) is 18.2 Å². The Balaban J connectivity index is 2.24. The summed E-state index contributed by atoms with van der Waals surface area (Å²) in [6.45, 7) is 0.731. The molecule has 1 aliphatic rings. The van der Waals surface area contributed by atoms with Crippen LogP contribution in [0.25, 0.3) is 0 Å². The molecule has 4 nitrogen and oxygen atoms in total. The maximum absolute atomic E-state index is 11.7. The van der Waals surface area contributed by atoms with Crippen LogP contribution in [0, 0.1) is 0 Å². The molecule has 1 fully saturated rings. The zero-order chi connectivity index (χ0) is 13.1. The number of rotatable bonds is 3. The predicted molar refractivity (Wildman–Crippen MR) is 77.0 cm³/mol. The van der Waals surface area contributed by atoms with Crippen molar-refractivity contribution in [3.05, 3.63) is 28.8 Å². The summed E-state index contributed by atoms with van der Waals surface area (Å²) in [7, 11) is 0. The van der Waals surface area contributed by atoms with Gasteiger partial charge in [0.05, 0.1) is 0 Å². The second kappa shape index (κ2) is 5.54. The van der Waals surface area contributed by atoms with Gasteiger partial charge >= 0.3 is 0 Å². The van der Waals surface area contributed by atoms with Crippen molar-refractivity contribution in [1.29, 1.82) is 0 Å². The fraction of sp³-hybridized carbons (Fsp3) is 0.333. The molecule has 1 heterocycles. The Labute approximate surface area is 116 Å². The van der Waals surface area contributed by atoms with Gasteiger partial charge in [-0.2, -0.15) is 0 Å². The number of hydrogen-bond donors (Lipinski definition) is 3. The van der Waals surface area contributed by atoms with E-state index in [1.54, 1.807) is 18.2 Å². The molecular formula is C12H14ClN3OS. The lowest BCUT2D eigenvalue weighted by Gasteiger charge is -2.24. The second-order valence-corrected chi connectivity index (χ2v) is 5.06. The van der Waals surface area contributed by atoms with Crippen LogP contribution in [0.2, 0.25) is 5.02 Å². The van der Waals surface area contributed by atoms with Crippen molar-refractivity contribution in [3.8, 4) is 0 Å². The third-order valence-corrected chi connectivity index (χ3v) is 3.32. The van der Waals surface area contributed by atoms with E-state index < -0.39 is 0 Å². The number of carbonyl (C=O) groups is 1. The summed E-state index contributed by atoms with van der Waals surface area (Å²) in [5.74, 6) is -0.00452. The van der Waals surface area contributed by atoms with Crippen molar-refractivity contribution in [1.82, 2.24) is 5.32 Å². The van der Waals surface area contributed by atoms with Crippen LogP contribution in [0.3, 0.4) is 0 Å². The van der Waals surface area contributed by atoms with Gasteiger partial charge in [0, 0.05) is 22.8 Å². The minimum Gasteiger partial charge on any atom is -0.389 e. The molecule has 1 atom stereocenters. The maximum atomic E-state index is 11.7. The first-order valence-corrected chi connectivity index (χ1v) is 6.50. The van der Waals surface area contributed by atoms with E-state index in [4.69, 9.17) is 29.6 Å². The summed E-state index contributed by atoms with van der Waals surface area (Å²) in [4.78, 5) is 12.0. The molecule has 0 saturated carbocycles. The summed E-state index contributed by atoms with van der Waals surface area (Å²) in [5.41, 5.74) is 7.06. The SMILES string of the molecule is NC(=S)c1ccc(Cl)cc1NC1CCCNC1=O. The van der Waals surface area contributed by atoms with Crippen LogP contribution in [-0.2, 0) is 4.79 Å². The lowest BCUT2D eigenvalue weighted by Crippen LogP contribution is -2.44. The minimum absolute atomic E-state index is 0.00452. The molecule has 1 aromatic carbocycles. The van der Waals surface area contributed by atoms with Gasteiger partial charge in [-0.05, 0) is 31.0 Å². The summed E-state index contributed by atoms with van der Waals surface area (Å²) < 4.78 is 0. The molecule has 18 heavy (non-hydrogen) atoms. The van der Waals surface area contributed by atoms with Gasteiger partial charge in [0.2, 0.25) is 5.91 Å². The van der Waals surface area contributed by atoms with E-state index in [1.807, 2.05) is 0 Å². The summed E-state index contributed by atoms with van der Waals surface area (Å²) >= 11 is 10.9. The molecular weight excluding hydrogens is 270 g/mol. The first kappa shape index (κ1) is 13.1. The molecule has 6 heteroatoms. The Morgan fingerprint density at radius 2 is 2.33 bits per heavy atom. The molecule has 0 radical (unpaired) electrons. The Morgan fingerprint density at radius 3 is 3.00 bits per heavy atom. The zero-order valence-corrected chi connectivity index (χ0v) is 11.3. The number of amides is 1. The minimum atomic E-state index is -0.259. The molecule has 0 aromatic heterocycles. The Bertz CT molecular complexity index is 492. The highest BCUT2D eigenvalue weighted by molar-refractivity contribution is 7.80. The van der Waals surface area contributed by atoms with Crippen molar-refractivity contribution >= 4 is 40.4 Å². The van der Waals surface area contributed by atoms with E-state index >= 15 is 0 Å². The molecule has 0 bridgehead atoms. The van der Waals surface area contributed by atoms with Gasteiger partial charge in [-0.25, -0.2) is 0 Å². The summed E-state index contributed by atoms with van der Waals surface area (Å²) in [6, 6.07) is 4.96. The standard InChI is InChI=1S/C12H14ClN3OS/c13-7-3-4-8(11(14)18)10(6-7)16-9-2-1-5-15-12(9)17/h3-4,6,9,16H,1-2,5H2,(H2,14,18)(H,15,17). The van der Waals surface area contributed by atoms with Crippen LogP contribution in [0.4, 0.5) is 5.69 Å². The number of nitrogens with one attached hydrogen (secondary N) is 2. The van der Waals surface area contributed by atoms with Crippen molar-refractivity contribution in [3.63, 3.8) is 0 Å². The highest BCUT2D eigenvalue weighted by atomic mass is 35.5. The number of hydrogen-bond acceptors (Lipinski definition) is 3. The van der Waals surface area contributed by atoms with Gasteiger partial charge in [-0.1, -0.05) is 23.8 Å². The van der Waals surface area contributed by atoms with Crippen molar-refractivity contribution in [2.45, 2.75) is 18.9 Å². The quantitative estimate of drug-likeness (QED) is 0.738. The van der Waals surface area contributed by atoms with Crippen LogP contribution in [0.1, 0.15) is 18.4 Å². The van der Waals surface area contributed by atoms with Crippen LogP contribution >= 0.6 is 23.8 Å². The smallest absolute Gasteiger partial charge is 0.242 e.